The van der Waals surface area contributed by atoms with Gasteiger partial charge in [0.05, 0.1) is 10.8 Å². The molecule has 4 aliphatic rings. The molecule has 14 rings (SSSR count). The van der Waals surface area contributed by atoms with Gasteiger partial charge in [-0.25, -0.2) is 0 Å². The van der Waals surface area contributed by atoms with Crippen molar-refractivity contribution in [3.63, 3.8) is 0 Å². The topological polar surface area (TPSA) is 3.24 Å². The molecule has 0 saturated heterocycles. The van der Waals surface area contributed by atoms with Crippen LogP contribution in [0, 0.1) is 6.92 Å². The number of para-hydroxylation sites is 2. The van der Waals surface area contributed by atoms with Crippen LogP contribution in [0.5, 0.6) is 0 Å². The summed E-state index contributed by atoms with van der Waals surface area (Å²) in [4.78, 5) is 2.39. The van der Waals surface area contributed by atoms with Crippen molar-refractivity contribution < 1.29 is 0 Å². The van der Waals surface area contributed by atoms with E-state index in [1.54, 1.807) is 0 Å². The molecule has 0 radical (unpaired) electrons. The van der Waals surface area contributed by atoms with E-state index in [9.17, 15) is 0 Å². The zero-order valence-electron chi connectivity index (χ0n) is 36.5. The summed E-state index contributed by atoms with van der Waals surface area (Å²) < 4.78 is 0. The van der Waals surface area contributed by atoms with Crippen LogP contribution in [0.2, 0.25) is 0 Å². The molecule has 10 aromatic carbocycles. The van der Waals surface area contributed by atoms with E-state index in [0.29, 0.717) is 0 Å². The average molecular weight is 838 g/mol. The van der Waals surface area contributed by atoms with E-state index in [1.807, 2.05) is 0 Å². The van der Waals surface area contributed by atoms with Crippen molar-refractivity contribution in [3.8, 4) is 44.5 Å². The molecule has 0 unspecified atom stereocenters. The highest BCUT2D eigenvalue weighted by Crippen LogP contribution is 2.65. The molecule has 1 nitrogen and oxygen atoms in total. The molecular formula is C65H43N. The van der Waals surface area contributed by atoms with Gasteiger partial charge in [-0.15, -0.1) is 0 Å². The molecule has 10 aromatic rings. The maximum absolute atomic E-state index is 2.48. The van der Waals surface area contributed by atoms with Crippen molar-refractivity contribution in [2.75, 3.05) is 4.90 Å². The summed E-state index contributed by atoms with van der Waals surface area (Å²) in [5, 5.41) is 0. The summed E-state index contributed by atoms with van der Waals surface area (Å²) in [6.07, 6.45) is 4.66. The molecule has 0 fully saturated rings. The Labute approximate surface area is 386 Å². The van der Waals surface area contributed by atoms with Gasteiger partial charge in [-0.05, 0) is 156 Å². The molecule has 0 saturated carbocycles. The molecule has 0 amide bonds. The monoisotopic (exact) mass is 837 g/mol. The third-order valence-electron chi connectivity index (χ3n) is 15.1. The second-order valence-corrected chi connectivity index (χ2v) is 18.4. The number of hydrogen-bond acceptors (Lipinski definition) is 1. The van der Waals surface area contributed by atoms with Gasteiger partial charge in [0.1, 0.15) is 0 Å². The van der Waals surface area contributed by atoms with Gasteiger partial charge in [-0.1, -0.05) is 200 Å². The van der Waals surface area contributed by atoms with Crippen LogP contribution >= 0.6 is 0 Å². The molecule has 4 aliphatic carbocycles. The van der Waals surface area contributed by atoms with Crippen molar-refractivity contribution in [3.05, 3.63) is 292 Å². The van der Waals surface area contributed by atoms with E-state index < -0.39 is 5.41 Å². The Kier molecular flexibility index (Phi) is 7.81. The van der Waals surface area contributed by atoms with Crippen LogP contribution in [0.3, 0.4) is 0 Å². The summed E-state index contributed by atoms with van der Waals surface area (Å²) >= 11 is 0. The van der Waals surface area contributed by atoms with Crippen LogP contribution in [-0.2, 0) is 10.8 Å². The van der Waals surface area contributed by atoms with E-state index in [1.165, 1.54) is 106 Å². The summed E-state index contributed by atoms with van der Waals surface area (Å²) in [7, 11) is 0. The molecule has 0 bridgehead atoms. The third-order valence-corrected chi connectivity index (χ3v) is 15.1. The zero-order valence-corrected chi connectivity index (χ0v) is 36.5. The number of rotatable bonds is 5. The fourth-order valence-corrected chi connectivity index (χ4v) is 12.6. The lowest BCUT2D eigenvalue weighted by Crippen LogP contribution is -2.26. The van der Waals surface area contributed by atoms with Crippen LogP contribution in [0.15, 0.2) is 231 Å². The highest BCUT2D eigenvalue weighted by Gasteiger charge is 2.53. The minimum atomic E-state index is -0.496. The molecule has 0 heterocycles. The SMILES string of the molecule is Cc1ccc2c(c1)C1(c3ccccc3-c3ccccc31)c1cc(/C=C/c3ccc4c(c3)C3(c5ccccc5-c5ccccc53)c3cc(N(c5ccccc5)c5ccccc5)ccc3-4)ccc1-2. The lowest BCUT2D eigenvalue weighted by molar-refractivity contribution is 0.792. The minimum Gasteiger partial charge on any atom is -0.310 e. The number of hydrogen-bond donors (Lipinski definition) is 0. The molecule has 0 atom stereocenters. The van der Waals surface area contributed by atoms with E-state index in [2.05, 4.69) is 254 Å². The zero-order chi connectivity index (χ0) is 43.6. The Morgan fingerprint density at radius 3 is 1.05 bits per heavy atom. The predicted octanol–water partition coefficient (Wildman–Crippen LogP) is 16.3. The third kappa shape index (κ3) is 4.89. The van der Waals surface area contributed by atoms with Gasteiger partial charge in [0.25, 0.3) is 0 Å². The second kappa shape index (κ2) is 13.9. The summed E-state index contributed by atoms with van der Waals surface area (Å²) in [6.45, 7) is 2.23. The number of anilines is 3. The molecule has 1 heteroatoms. The van der Waals surface area contributed by atoms with Crippen LogP contribution < -0.4 is 4.90 Å². The van der Waals surface area contributed by atoms with Gasteiger partial charge in [0, 0.05) is 17.1 Å². The second-order valence-electron chi connectivity index (χ2n) is 18.4. The van der Waals surface area contributed by atoms with Crippen LogP contribution in [-0.4, -0.2) is 0 Å². The highest BCUT2D eigenvalue weighted by atomic mass is 15.1. The van der Waals surface area contributed by atoms with E-state index in [4.69, 9.17) is 0 Å². The summed E-state index contributed by atoms with van der Waals surface area (Å²) in [5.41, 5.74) is 27.5. The number of aryl methyl sites for hydroxylation is 1. The molecule has 66 heavy (non-hydrogen) atoms. The quantitative estimate of drug-likeness (QED) is 0.156. The molecule has 0 N–H and O–H groups in total. The van der Waals surface area contributed by atoms with E-state index >= 15 is 0 Å². The first-order valence-corrected chi connectivity index (χ1v) is 23.2. The molecule has 0 aromatic heterocycles. The number of nitrogens with zero attached hydrogens (tertiary/aromatic N) is 1. The van der Waals surface area contributed by atoms with Crippen molar-refractivity contribution in [1.29, 1.82) is 0 Å². The standard InChI is InChI=1S/C65H43N/c1-42-28-34-52-53-35-31-43(39-61(53)64(60(52)38-42)56-24-12-8-20-48(56)49-21-9-13-25-57(49)64)29-30-44-32-36-54-55-37-33-47(66(45-16-4-2-5-17-45)46-18-6-3-7-19-46)41-63(55)65(62(54)40-44)58-26-14-10-22-50(58)51-23-11-15-27-59(51)65/h2-41H,1H3/b30-29+. The van der Waals surface area contributed by atoms with Crippen molar-refractivity contribution in [1.82, 2.24) is 0 Å². The lowest BCUT2D eigenvalue weighted by Gasteiger charge is -2.32. The van der Waals surface area contributed by atoms with Crippen LogP contribution in [0.1, 0.15) is 61.2 Å². The normalized spacial score (nSPS) is 14.3. The van der Waals surface area contributed by atoms with Crippen molar-refractivity contribution in [2.24, 2.45) is 0 Å². The first-order chi connectivity index (χ1) is 32.6. The predicted molar refractivity (Wildman–Crippen MR) is 274 cm³/mol. The Balaban J connectivity index is 0.937. The van der Waals surface area contributed by atoms with Gasteiger partial charge in [-0.3, -0.25) is 0 Å². The number of benzene rings is 10. The summed E-state index contributed by atoms with van der Waals surface area (Å²) in [6, 6.07) is 86.4. The average Bonchev–Trinajstić information content (AvgIpc) is 4.05. The lowest BCUT2D eigenvalue weighted by atomic mass is 9.70. The van der Waals surface area contributed by atoms with E-state index in [0.717, 1.165) is 17.1 Å². The van der Waals surface area contributed by atoms with Gasteiger partial charge in [-0.2, -0.15) is 0 Å². The first kappa shape index (κ1) is 37.1. The Hall–Kier alpha value is -8.26. The number of fused-ring (bicyclic) bond motifs is 20. The van der Waals surface area contributed by atoms with E-state index in [-0.39, 0.29) is 5.41 Å². The van der Waals surface area contributed by atoms with Gasteiger partial charge >= 0.3 is 0 Å². The maximum Gasteiger partial charge on any atom is 0.0726 e. The molecule has 2 spiro atoms. The maximum atomic E-state index is 2.48. The Morgan fingerprint density at radius 2 is 0.606 bits per heavy atom. The van der Waals surface area contributed by atoms with Crippen molar-refractivity contribution in [2.45, 2.75) is 17.8 Å². The van der Waals surface area contributed by atoms with Gasteiger partial charge < -0.3 is 4.90 Å². The van der Waals surface area contributed by atoms with Crippen molar-refractivity contribution >= 4 is 29.2 Å². The van der Waals surface area contributed by atoms with Crippen LogP contribution in [0.4, 0.5) is 17.1 Å². The fraction of sp³-hybridized carbons (Fsp3) is 0.0462. The fourth-order valence-electron chi connectivity index (χ4n) is 12.6. The molecule has 308 valence electrons. The summed E-state index contributed by atoms with van der Waals surface area (Å²) in [5.74, 6) is 0. The Bertz CT molecular complexity index is 3540. The first-order valence-electron chi connectivity index (χ1n) is 23.2. The highest BCUT2D eigenvalue weighted by molar-refractivity contribution is 5.98. The van der Waals surface area contributed by atoms with Gasteiger partial charge in [0.2, 0.25) is 0 Å². The molecule has 0 aliphatic heterocycles. The van der Waals surface area contributed by atoms with Gasteiger partial charge in [0.15, 0.2) is 0 Å². The smallest absolute Gasteiger partial charge is 0.0726 e. The Morgan fingerprint density at radius 1 is 0.273 bits per heavy atom. The largest absolute Gasteiger partial charge is 0.310 e. The molecular weight excluding hydrogens is 795 g/mol. The minimum absolute atomic E-state index is 0.377. The van der Waals surface area contributed by atoms with Crippen LogP contribution in [0.25, 0.3) is 56.7 Å².